The van der Waals surface area contributed by atoms with Gasteiger partial charge in [0.2, 0.25) is 5.91 Å². The van der Waals surface area contributed by atoms with Gasteiger partial charge in [0.25, 0.3) is 5.91 Å². The van der Waals surface area contributed by atoms with Crippen LogP contribution >= 0.6 is 11.8 Å². The van der Waals surface area contributed by atoms with Gasteiger partial charge in [-0.05, 0) is 57.3 Å². The molecule has 2 aromatic carbocycles. The molecule has 2 aromatic rings. The fourth-order valence-electron chi connectivity index (χ4n) is 2.78. The van der Waals surface area contributed by atoms with Crippen LogP contribution in [0.15, 0.2) is 52.3 Å². The Morgan fingerprint density at radius 1 is 1.07 bits per heavy atom. The molecule has 0 atom stereocenters. The summed E-state index contributed by atoms with van der Waals surface area (Å²) in [4.78, 5) is 28.4. The van der Waals surface area contributed by atoms with E-state index in [1.165, 1.54) is 12.5 Å². The molecule has 5 nitrogen and oxygen atoms in total. The highest BCUT2D eigenvalue weighted by Gasteiger charge is 2.12. The van der Waals surface area contributed by atoms with Gasteiger partial charge in [-0.25, -0.2) is 0 Å². The van der Waals surface area contributed by atoms with Crippen LogP contribution in [-0.2, 0) is 4.79 Å². The molecule has 2 rings (SSSR count). The molecule has 29 heavy (non-hydrogen) atoms. The average Bonchev–Trinajstić information content (AvgIpc) is 2.68. The highest BCUT2D eigenvalue weighted by atomic mass is 32.2. The summed E-state index contributed by atoms with van der Waals surface area (Å²) < 4.78 is 0. The molecule has 0 saturated heterocycles. The number of carbonyl (C=O) groups is 2. The maximum absolute atomic E-state index is 12.5. The monoisotopic (exact) mass is 413 g/mol. The molecule has 0 aliphatic carbocycles. The van der Waals surface area contributed by atoms with E-state index in [1.807, 2.05) is 25.1 Å². The maximum Gasteiger partial charge on any atom is 0.251 e. The van der Waals surface area contributed by atoms with E-state index in [4.69, 9.17) is 0 Å². The summed E-state index contributed by atoms with van der Waals surface area (Å²) in [5, 5.41) is 5.81. The smallest absolute Gasteiger partial charge is 0.251 e. The number of likely N-dealkylation sites (N-methyl/N-ethyl adjacent to an activating group) is 1. The molecule has 6 heteroatoms. The zero-order valence-electron chi connectivity index (χ0n) is 17.7. The molecule has 156 valence electrons. The standard InChI is InChI=1S/C23H31N3O2S/c1-5-6-14-26(4)15-13-24-23(28)19-9-12-22(21(16-19)25-18(3)27)29-20-10-7-17(2)8-11-20/h7-12,16H,5-6,13-15H2,1-4H3,(H,24,28)(H,25,27). The van der Waals surface area contributed by atoms with Crippen molar-refractivity contribution in [1.29, 1.82) is 0 Å². The van der Waals surface area contributed by atoms with E-state index in [1.54, 1.807) is 23.9 Å². The first-order chi connectivity index (χ1) is 13.9. The fraction of sp³-hybridized carbons (Fsp3) is 0.391. The lowest BCUT2D eigenvalue weighted by molar-refractivity contribution is -0.114. The molecule has 2 N–H and O–H groups in total. The number of hydrogen-bond acceptors (Lipinski definition) is 4. The molecule has 0 aromatic heterocycles. The van der Waals surface area contributed by atoms with Crippen molar-refractivity contribution in [2.45, 2.75) is 43.4 Å². The number of carbonyl (C=O) groups excluding carboxylic acids is 2. The van der Waals surface area contributed by atoms with E-state index in [0.717, 1.165) is 35.7 Å². The number of amides is 2. The van der Waals surface area contributed by atoms with Crippen molar-refractivity contribution in [3.63, 3.8) is 0 Å². The molecule has 0 aliphatic rings. The number of hydrogen-bond donors (Lipinski definition) is 2. The van der Waals surface area contributed by atoms with E-state index < -0.39 is 0 Å². The minimum atomic E-state index is -0.161. The molecule has 0 saturated carbocycles. The predicted molar refractivity (Wildman–Crippen MR) is 121 cm³/mol. The average molecular weight is 414 g/mol. The molecular formula is C23H31N3O2S. The molecule has 0 fully saturated rings. The van der Waals surface area contributed by atoms with Crippen LogP contribution in [0.4, 0.5) is 5.69 Å². The Labute approximate surface area is 178 Å². The third-order valence-electron chi connectivity index (χ3n) is 4.47. The van der Waals surface area contributed by atoms with E-state index in [0.29, 0.717) is 17.8 Å². The Balaban J connectivity index is 2.06. The van der Waals surface area contributed by atoms with Crippen LogP contribution in [0.3, 0.4) is 0 Å². The van der Waals surface area contributed by atoms with Gasteiger partial charge in [-0.3, -0.25) is 9.59 Å². The molecule has 0 heterocycles. The second kappa shape index (κ2) is 11.6. The number of nitrogens with one attached hydrogen (secondary N) is 2. The first kappa shape index (κ1) is 23.0. The Bertz CT molecular complexity index is 821. The van der Waals surface area contributed by atoms with E-state index in [-0.39, 0.29) is 11.8 Å². The molecular weight excluding hydrogens is 382 g/mol. The number of anilines is 1. The van der Waals surface area contributed by atoms with Crippen LogP contribution < -0.4 is 10.6 Å². The Kier molecular flexibility index (Phi) is 9.22. The third kappa shape index (κ3) is 7.91. The quantitative estimate of drug-likeness (QED) is 0.599. The minimum absolute atomic E-state index is 0.132. The summed E-state index contributed by atoms with van der Waals surface area (Å²) in [5.41, 5.74) is 2.39. The number of aryl methyl sites for hydroxylation is 1. The maximum atomic E-state index is 12.5. The van der Waals surface area contributed by atoms with Crippen molar-refractivity contribution in [3.8, 4) is 0 Å². The highest BCUT2D eigenvalue weighted by Crippen LogP contribution is 2.34. The van der Waals surface area contributed by atoms with Crippen molar-refractivity contribution in [3.05, 3.63) is 53.6 Å². The van der Waals surface area contributed by atoms with Crippen LogP contribution in [0.1, 0.15) is 42.6 Å². The lowest BCUT2D eigenvalue weighted by Crippen LogP contribution is -2.33. The fourth-order valence-corrected chi connectivity index (χ4v) is 3.67. The van der Waals surface area contributed by atoms with Crippen molar-refractivity contribution in [2.24, 2.45) is 0 Å². The lowest BCUT2D eigenvalue weighted by atomic mass is 10.2. The third-order valence-corrected chi connectivity index (χ3v) is 5.56. The summed E-state index contributed by atoms with van der Waals surface area (Å²) in [6.07, 6.45) is 2.32. The van der Waals surface area contributed by atoms with Gasteiger partial charge in [0, 0.05) is 35.4 Å². The predicted octanol–water partition coefficient (Wildman–Crippen LogP) is 4.57. The molecule has 2 amide bonds. The lowest BCUT2D eigenvalue weighted by Gasteiger charge is -2.16. The van der Waals surface area contributed by atoms with Gasteiger partial charge in [-0.15, -0.1) is 0 Å². The summed E-state index contributed by atoms with van der Waals surface area (Å²) in [6, 6.07) is 13.6. The van der Waals surface area contributed by atoms with E-state index >= 15 is 0 Å². The SMILES string of the molecule is CCCCN(C)CCNC(=O)c1ccc(Sc2ccc(C)cc2)c(NC(C)=O)c1. The summed E-state index contributed by atoms with van der Waals surface area (Å²) in [7, 11) is 2.06. The van der Waals surface area contributed by atoms with Gasteiger partial charge >= 0.3 is 0 Å². The zero-order valence-corrected chi connectivity index (χ0v) is 18.6. The largest absolute Gasteiger partial charge is 0.351 e. The topological polar surface area (TPSA) is 61.4 Å². The van der Waals surface area contributed by atoms with Crippen molar-refractivity contribution in [1.82, 2.24) is 10.2 Å². The Morgan fingerprint density at radius 3 is 2.45 bits per heavy atom. The summed E-state index contributed by atoms with van der Waals surface area (Å²) in [5.74, 6) is -0.293. The number of unbranched alkanes of at least 4 members (excludes halogenated alkanes) is 1. The van der Waals surface area contributed by atoms with Crippen LogP contribution in [-0.4, -0.2) is 43.4 Å². The summed E-state index contributed by atoms with van der Waals surface area (Å²) >= 11 is 1.56. The Morgan fingerprint density at radius 2 is 1.79 bits per heavy atom. The van der Waals surface area contributed by atoms with Crippen LogP contribution in [0.2, 0.25) is 0 Å². The van der Waals surface area contributed by atoms with Gasteiger partial charge in [0.15, 0.2) is 0 Å². The zero-order chi connectivity index (χ0) is 21.2. The van der Waals surface area contributed by atoms with Gasteiger partial charge in [0.05, 0.1) is 5.69 Å². The van der Waals surface area contributed by atoms with Crippen LogP contribution in [0.5, 0.6) is 0 Å². The Hall–Kier alpha value is -2.31. The second-order valence-corrected chi connectivity index (χ2v) is 8.34. The number of nitrogens with zero attached hydrogens (tertiary/aromatic N) is 1. The summed E-state index contributed by atoms with van der Waals surface area (Å²) in [6.45, 7) is 8.12. The molecule has 0 bridgehead atoms. The molecule has 0 unspecified atom stereocenters. The normalized spacial score (nSPS) is 10.8. The first-order valence-electron chi connectivity index (χ1n) is 10.0. The molecule has 0 aliphatic heterocycles. The number of benzene rings is 2. The second-order valence-electron chi connectivity index (χ2n) is 7.22. The van der Waals surface area contributed by atoms with E-state index in [9.17, 15) is 9.59 Å². The van der Waals surface area contributed by atoms with Gasteiger partial charge < -0.3 is 15.5 Å². The highest BCUT2D eigenvalue weighted by molar-refractivity contribution is 7.99. The van der Waals surface area contributed by atoms with Crippen molar-refractivity contribution in [2.75, 3.05) is 32.0 Å². The van der Waals surface area contributed by atoms with Gasteiger partial charge in [-0.1, -0.05) is 42.8 Å². The van der Waals surface area contributed by atoms with Crippen LogP contribution in [0, 0.1) is 6.92 Å². The molecule has 0 radical (unpaired) electrons. The van der Waals surface area contributed by atoms with Gasteiger partial charge in [-0.2, -0.15) is 0 Å². The van der Waals surface area contributed by atoms with Gasteiger partial charge in [0.1, 0.15) is 0 Å². The number of rotatable bonds is 10. The van der Waals surface area contributed by atoms with E-state index in [2.05, 4.69) is 41.6 Å². The van der Waals surface area contributed by atoms with Crippen molar-refractivity contribution >= 4 is 29.3 Å². The van der Waals surface area contributed by atoms with Crippen LogP contribution in [0.25, 0.3) is 0 Å². The van der Waals surface area contributed by atoms with Crippen molar-refractivity contribution < 1.29 is 9.59 Å². The minimum Gasteiger partial charge on any atom is -0.351 e. The first-order valence-corrected chi connectivity index (χ1v) is 10.8. The molecule has 0 spiro atoms.